The third kappa shape index (κ3) is 39.2. The van der Waals surface area contributed by atoms with Crippen LogP contribution in [0.2, 0.25) is 0 Å². The number of nitrogens with one attached hydrogen (secondary N) is 18. The third-order valence-electron chi connectivity index (χ3n) is 20.5. The highest BCUT2D eigenvalue weighted by molar-refractivity contribution is 6.02. The van der Waals surface area contributed by atoms with Crippen LogP contribution < -0.4 is 96.5 Å². The molecule has 0 unspecified atom stereocenters. The number of amides is 17. The molecule has 0 spiro atoms. The molecule has 0 saturated carbocycles. The minimum absolute atomic E-state index is 0.0699. The molecule has 53 nitrogen and oxygen atoms in total. The van der Waals surface area contributed by atoms with Gasteiger partial charge in [0.2, 0.25) is 100 Å². The van der Waals surface area contributed by atoms with Crippen LogP contribution in [0.1, 0.15) is 156 Å². The van der Waals surface area contributed by atoms with Crippen LogP contribution in [0.4, 0.5) is 0 Å². The van der Waals surface area contributed by atoms with E-state index in [0.717, 1.165) is 9.80 Å². The molecule has 1 aromatic heterocycles. The van der Waals surface area contributed by atoms with Crippen LogP contribution in [0.3, 0.4) is 0 Å². The number of carbonyl (C=O) groups excluding carboxylic acids is 17. The molecule has 53 heteroatoms. The van der Waals surface area contributed by atoms with Gasteiger partial charge in [0.05, 0.1) is 51.5 Å². The number of nitrogens with two attached hydrogens (primary N) is 2. The van der Waals surface area contributed by atoms with Crippen molar-refractivity contribution in [2.45, 2.75) is 242 Å². The number of likely N-dealkylation sites (tertiary alicyclic amines) is 2. The number of nitrogens with zero attached hydrogens (tertiary/aromatic N) is 2. The number of rotatable bonds is 58. The maximum absolute atomic E-state index is 15.2. The van der Waals surface area contributed by atoms with Crippen molar-refractivity contribution in [3.8, 4) is 0 Å². The van der Waals surface area contributed by atoms with Gasteiger partial charge < -0.3 is 147 Å². The number of carboxylic acid groups (broad SMARTS) is 7. The average Bonchev–Trinajstić information content (AvgIpc) is 1.69. The molecule has 133 heavy (non-hydrogen) atoms. The molecular weight excluding hydrogens is 1770 g/mol. The molecule has 29 N–H and O–H groups in total. The van der Waals surface area contributed by atoms with Crippen molar-refractivity contribution in [3.63, 3.8) is 0 Å². The van der Waals surface area contributed by atoms with Gasteiger partial charge in [-0.1, -0.05) is 45.9 Å². The number of carboxylic acids is 7. The number of aromatic nitrogens is 1. The monoisotopic (exact) mass is 1880 g/mol. The summed E-state index contributed by atoms with van der Waals surface area (Å²) in [7, 11) is 0. The van der Waals surface area contributed by atoms with Crippen LogP contribution in [-0.2, 0) is 121 Å². The summed E-state index contributed by atoms with van der Waals surface area (Å²) in [5.74, 6) is -30.8. The minimum atomic E-state index is -2.10. The van der Waals surface area contributed by atoms with Gasteiger partial charge in [0, 0.05) is 62.4 Å². The number of carbonyl (C=O) groups is 24. The average molecular weight is 1880 g/mol. The van der Waals surface area contributed by atoms with Gasteiger partial charge in [-0.15, -0.1) is 0 Å². The predicted molar refractivity (Wildman–Crippen MR) is 457 cm³/mol. The Bertz CT molecular complexity index is 4620. The normalized spacial score (nSPS) is 16.0. The van der Waals surface area contributed by atoms with Crippen LogP contribution >= 0.6 is 0 Å². The Morgan fingerprint density at radius 1 is 0.406 bits per heavy atom. The molecule has 0 aliphatic carbocycles. The van der Waals surface area contributed by atoms with Gasteiger partial charge in [-0.2, -0.15) is 0 Å². The second kappa shape index (κ2) is 54.7. The molecule has 2 saturated heterocycles. The first-order chi connectivity index (χ1) is 62.4. The Morgan fingerprint density at radius 2 is 0.774 bits per heavy atom. The zero-order valence-electron chi connectivity index (χ0n) is 73.8. The number of aromatic amines is 1. The van der Waals surface area contributed by atoms with Crippen LogP contribution in [-0.4, -0.2) is 329 Å². The Kier molecular flexibility index (Phi) is 45.5. The van der Waals surface area contributed by atoms with Gasteiger partial charge >= 0.3 is 41.8 Å². The molecule has 0 radical (unpaired) electrons. The number of fused-ring (bicyclic) bond motifs is 1. The number of hydrogen-bond acceptors (Lipinski definition) is 26. The lowest BCUT2D eigenvalue weighted by Gasteiger charge is -2.31. The Hall–Kier alpha value is -14.7. The molecule has 2 aliphatic heterocycles. The lowest BCUT2D eigenvalue weighted by Crippen LogP contribution is -2.61. The maximum atomic E-state index is 15.2. The number of hydrogen-bond donors (Lipinski definition) is 27. The number of aliphatic carboxylic acids is 7. The number of guanidine groups is 1. The first-order valence-electron chi connectivity index (χ1n) is 42.4. The van der Waals surface area contributed by atoms with E-state index < -0.39 is 329 Å². The fourth-order valence-corrected chi connectivity index (χ4v) is 13.8. The van der Waals surface area contributed by atoms with Crippen molar-refractivity contribution in [1.29, 1.82) is 5.41 Å². The largest absolute Gasteiger partial charge is 0.481 e. The van der Waals surface area contributed by atoms with Gasteiger partial charge in [-0.3, -0.25) is 120 Å². The molecular formula is C80H118N22O31. The van der Waals surface area contributed by atoms with Crippen molar-refractivity contribution in [1.82, 2.24) is 99.9 Å². The fourth-order valence-electron chi connectivity index (χ4n) is 13.8. The van der Waals surface area contributed by atoms with Crippen molar-refractivity contribution in [2.24, 2.45) is 23.3 Å². The molecule has 4 rings (SSSR count). The highest BCUT2D eigenvalue weighted by atomic mass is 16.4. The maximum Gasteiger partial charge on any atom is 0.325 e. The smallest absolute Gasteiger partial charge is 0.325 e. The molecule has 14 atom stereocenters. The van der Waals surface area contributed by atoms with Gasteiger partial charge in [0.15, 0.2) is 5.96 Å². The van der Waals surface area contributed by atoms with Crippen LogP contribution in [0.25, 0.3) is 10.9 Å². The molecule has 0 bridgehead atoms. The van der Waals surface area contributed by atoms with E-state index in [4.69, 9.17) is 16.9 Å². The predicted octanol–water partition coefficient (Wildman–Crippen LogP) is -8.68. The van der Waals surface area contributed by atoms with Gasteiger partial charge in [0.25, 0.3) is 0 Å². The molecule has 2 fully saturated rings. The van der Waals surface area contributed by atoms with Crippen molar-refractivity contribution < 1.29 is 151 Å². The first-order valence-corrected chi connectivity index (χ1v) is 42.4. The second-order valence-electron chi connectivity index (χ2n) is 32.4. The number of benzene rings is 1. The zero-order valence-corrected chi connectivity index (χ0v) is 73.8. The fraction of sp³-hybridized carbons (Fsp3) is 0.588. The van der Waals surface area contributed by atoms with Crippen molar-refractivity contribution in [2.75, 3.05) is 45.8 Å². The quantitative estimate of drug-likeness (QED) is 0.0166. The van der Waals surface area contributed by atoms with Crippen molar-refractivity contribution >= 4 is 159 Å². The van der Waals surface area contributed by atoms with Crippen LogP contribution in [0.5, 0.6) is 0 Å². The second-order valence-corrected chi connectivity index (χ2v) is 32.4. The Labute approximate surface area is 759 Å². The van der Waals surface area contributed by atoms with E-state index in [1.807, 2.05) is 5.32 Å². The SMILES string of the molecule is CC(C)C[C@H](NC(=O)[C@H](CCC(=O)O)NC(=O)CNC(=O)[C@H](CCC(=O)O)NC(=O)[C@H](C)N)C(=O)N[C@@H](CC(=O)O)C(=O)N[C@@H](CCCNC(=N)N)C(=O)N[C@@H](Cc1c[nH]c2ccccc12)C(=O)N[C@@H](CC(C)C)C(=O)N1CCC[C@H]1C(=O)N[C@@H](CCC(=O)O)C(=O)NCC(=O)N[C@@H](CC(=O)O)C(=O)NCC(=O)NCC(=O)N[C@@H](CC(=O)O)C(=O)N1CCC[C@H]1C(=O)N[C@@H](C)C(=O)O. The van der Waals surface area contributed by atoms with E-state index in [0.29, 0.717) is 16.5 Å². The Morgan fingerprint density at radius 3 is 1.26 bits per heavy atom. The van der Waals surface area contributed by atoms with E-state index in [9.17, 15) is 136 Å². The lowest BCUT2D eigenvalue weighted by molar-refractivity contribution is -0.147. The minimum Gasteiger partial charge on any atom is -0.481 e. The Balaban J connectivity index is 1.55. The summed E-state index contributed by atoms with van der Waals surface area (Å²) >= 11 is 0. The summed E-state index contributed by atoms with van der Waals surface area (Å²) in [6.45, 7) is 4.67. The van der Waals surface area contributed by atoms with E-state index in [1.165, 1.54) is 20.0 Å². The zero-order chi connectivity index (χ0) is 99.8. The molecule has 1 aromatic carbocycles. The van der Waals surface area contributed by atoms with Gasteiger partial charge in [0.1, 0.15) is 78.5 Å². The molecule has 2 aliphatic rings. The molecule has 2 aromatic rings. The summed E-state index contributed by atoms with van der Waals surface area (Å²) in [6.07, 6.45) is -6.64. The van der Waals surface area contributed by atoms with Crippen LogP contribution in [0, 0.1) is 17.2 Å². The van der Waals surface area contributed by atoms with E-state index in [-0.39, 0.29) is 77.4 Å². The summed E-state index contributed by atoms with van der Waals surface area (Å²) in [5, 5.41) is 112. The number of H-pyrrole nitrogens is 1. The van der Waals surface area contributed by atoms with Crippen molar-refractivity contribution in [3.05, 3.63) is 36.0 Å². The standard InChI is InChI=1S/C80H118N22O31/c1-37(2)26-48(97-71(124)47(19-22-62(111)112)91-58(105)35-88-67(120)45(17-20-60(107)108)94-66(119)39(5)81)72(125)99-51(30-64(115)116)74(127)95-44(14-9-23-84-80(82)83)70(123)98-49(28-41-32-85-43-13-8-7-12-42(41)43)73(126)100-52(27-38(3)4)77(130)102-25-11-16-55(102)76(129)96-46(18-21-61(109)110)68(121)89-36-59(106)92-50(29-63(113)114)69(122)87-33-56(103)86-34-57(104)93-53(31-65(117)118)78(131)101-24-10-15-54(101)75(128)90-40(6)79(132)133/h7-8,12-13,32,37-40,44-55,85H,9-11,14-31,33-36,81H2,1-6H3,(H,86,103)(H,87,122)(H,88,120)(H,89,121)(H,90,128)(H,91,105)(H,92,106)(H,93,104)(H,94,119)(H,95,127)(H,96,129)(H,97,124)(H,98,123)(H,99,125)(H,100,126)(H,107,108)(H,109,110)(H,111,112)(H,113,114)(H,115,116)(H,117,118)(H,132,133)(H4,82,83,84)/t39-,40-,44-,45-,46-,47-,48-,49-,50-,51-,52-,53-,54-,55-/m0/s1. The molecule has 734 valence electrons. The van der Waals surface area contributed by atoms with Gasteiger partial charge in [-0.05, 0) is 108 Å². The van der Waals surface area contributed by atoms with Crippen LogP contribution in [0.15, 0.2) is 30.5 Å². The summed E-state index contributed by atoms with van der Waals surface area (Å²) in [4.78, 5) is 322. The number of para-hydroxylation sites is 1. The lowest BCUT2D eigenvalue weighted by atomic mass is 9.99. The van der Waals surface area contributed by atoms with E-state index in [2.05, 4.69) is 84.7 Å². The van der Waals surface area contributed by atoms with Gasteiger partial charge in [-0.25, -0.2) is 0 Å². The summed E-state index contributed by atoms with van der Waals surface area (Å²) in [6, 6.07) is -16.1. The molecule has 17 amide bonds. The topological polar surface area (TPSA) is 842 Å². The highest BCUT2D eigenvalue weighted by Crippen LogP contribution is 2.25. The summed E-state index contributed by atoms with van der Waals surface area (Å²) < 4.78 is 0. The third-order valence-corrected chi connectivity index (χ3v) is 20.5. The first kappa shape index (κ1) is 111. The van der Waals surface area contributed by atoms with E-state index in [1.54, 1.807) is 52.0 Å². The highest BCUT2D eigenvalue weighted by Gasteiger charge is 2.44. The molecule has 3 heterocycles. The van der Waals surface area contributed by atoms with E-state index >= 15 is 14.4 Å². The summed E-state index contributed by atoms with van der Waals surface area (Å²) in [5.41, 5.74) is 12.1.